The predicted molar refractivity (Wildman–Crippen MR) is 94.4 cm³/mol. The van der Waals surface area contributed by atoms with Crippen LogP contribution in [0, 0.1) is 0 Å². The minimum absolute atomic E-state index is 0.0134. The molecule has 0 bridgehead atoms. The number of ether oxygens (including phenoxy) is 2. The first-order valence-corrected chi connectivity index (χ1v) is 8.19. The number of para-hydroxylation sites is 1. The molecule has 2 N–H and O–H groups in total. The molecule has 130 valence electrons. The molecule has 1 aromatic heterocycles. The van der Waals surface area contributed by atoms with Crippen molar-refractivity contribution >= 4 is 22.2 Å². The van der Waals surface area contributed by atoms with Crippen molar-refractivity contribution in [2.75, 3.05) is 18.0 Å². The summed E-state index contributed by atoms with van der Waals surface area (Å²) in [5, 5.41) is 2.53. The monoisotopic (exact) mass is 363 g/mol. The van der Waals surface area contributed by atoms with Gasteiger partial charge in [-0.2, -0.15) is 8.78 Å². The molecule has 1 heterocycles. The van der Waals surface area contributed by atoms with Crippen molar-refractivity contribution in [2.45, 2.75) is 6.61 Å². The second kappa shape index (κ2) is 7.80. The summed E-state index contributed by atoms with van der Waals surface area (Å²) in [5.74, 6) is 0.211. The largest absolute Gasteiger partial charge is 0.493 e. The Hall–Kier alpha value is -2.87. The minimum Gasteiger partial charge on any atom is -0.493 e. The lowest BCUT2D eigenvalue weighted by Gasteiger charge is -2.10. The number of alkyl halides is 2. The minimum atomic E-state index is -2.90. The van der Waals surface area contributed by atoms with E-state index in [2.05, 4.69) is 20.6 Å². The lowest BCUT2D eigenvalue weighted by molar-refractivity contribution is -0.0512. The zero-order valence-electron chi connectivity index (χ0n) is 13.2. The highest BCUT2D eigenvalue weighted by Gasteiger charge is 2.13. The second-order valence-corrected chi connectivity index (χ2v) is 5.76. The van der Waals surface area contributed by atoms with Gasteiger partial charge in [0, 0.05) is 10.9 Å². The van der Waals surface area contributed by atoms with Gasteiger partial charge in [0.2, 0.25) is 5.13 Å². The molecule has 25 heavy (non-hydrogen) atoms. The highest BCUT2D eigenvalue weighted by atomic mass is 32.1. The van der Waals surface area contributed by atoms with Crippen molar-refractivity contribution in [3.05, 3.63) is 53.9 Å². The summed E-state index contributed by atoms with van der Waals surface area (Å²) in [6.45, 7) is -2.90. The molecule has 8 heteroatoms. The number of aromatic nitrogens is 1. The lowest BCUT2D eigenvalue weighted by Crippen LogP contribution is -2.07. The van der Waals surface area contributed by atoms with Crippen LogP contribution < -0.4 is 20.3 Å². The SMILES string of the molecule is COc1cc(-c2csc(NNc3ccccc3)n2)ccc1OC(F)F. The van der Waals surface area contributed by atoms with Gasteiger partial charge in [-0.1, -0.05) is 18.2 Å². The Kier molecular flexibility index (Phi) is 5.30. The molecule has 0 unspecified atom stereocenters. The summed E-state index contributed by atoms with van der Waals surface area (Å²) in [6, 6.07) is 14.3. The van der Waals surface area contributed by atoms with Gasteiger partial charge >= 0.3 is 6.61 Å². The van der Waals surface area contributed by atoms with Crippen LogP contribution in [-0.4, -0.2) is 18.7 Å². The molecule has 5 nitrogen and oxygen atoms in total. The van der Waals surface area contributed by atoms with Crippen LogP contribution in [0.4, 0.5) is 19.6 Å². The van der Waals surface area contributed by atoms with Crippen molar-refractivity contribution < 1.29 is 18.3 Å². The van der Waals surface area contributed by atoms with Crippen LogP contribution in [0.3, 0.4) is 0 Å². The molecular formula is C17H15F2N3O2S. The fourth-order valence-electron chi connectivity index (χ4n) is 2.13. The average molecular weight is 363 g/mol. The highest BCUT2D eigenvalue weighted by molar-refractivity contribution is 7.14. The van der Waals surface area contributed by atoms with Crippen LogP contribution in [0.15, 0.2) is 53.9 Å². The molecule has 3 aromatic rings. The fourth-order valence-corrected chi connectivity index (χ4v) is 2.80. The number of benzene rings is 2. The summed E-state index contributed by atoms with van der Waals surface area (Å²) in [7, 11) is 1.40. The van der Waals surface area contributed by atoms with Gasteiger partial charge in [0.15, 0.2) is 11.5 Å². The van der Waals surface area contributed by atoms with E-state index < -0.39 is 6.61 Å². The van der Waals surface area contributed by atoms with Gasteiger partial charge in [0.1, 0.15) is 0 Å². The van der Waals surface area contributed by atoms with Crippen LogP contribution in [0.2, 0.25) is 0 Å². The molecule has 0 amide bonds. The third kappa shape index (κ3) is 4.36. The highest BCUT2D eigenvalue weighted by Crippen LogP contribution is 2.34. The Morgan fingerprint density at radius 1 is 1.04 bits per heavy atom. The summed E-state index contributed by atoms with van der Waals surface area (Å²) >= 11 is 1.42. The zero-order chi connectivity index (χ0) is 17.6. The van der Waals surface area contributed by atoms with E-state index in [4.69, 9.17) is 4.74 Å². The first-order chi connectivity index (χ1) is 12.2. The quantitative estimate of drug-likeness (QED) is 0.587. The standard InChI is InChI=1S/C17H15F2N3O2S/c1-23-15-9-11(7-8-14(15)24-16(18)19)13-10-25-17(20-13)22-21-12-5-3-2-4-6-12/h2-10,16,21H,1H3,(H,20,22). The van der Waals surface area contributed by atoms with E-state index in [0.717, 1.165) is 11.3 Å². The van der Waals surface area contributed by atoms with E-state index in [1.54, 1.807) is 12.1 Å². The smallest absolute Gasteiger partial charge is 0.387 e. The van der Waals surface area contributed by atoms with Gasteiger partial charge in [-0.25, -0.2) is 4.98 Å². The first-order valence-electron chi connectivity index (χ1n) is 7.31. The van der Waals surface area contributed by atoms with E-state index in [1.807, 2.05) is 35.7 Å². The van der Waals surface area contributed by atoms with Gasteiger partial charge in [-0.3, -0.25) is 10.9 Å². The number of rotatable bonds is 7. The van der Waals surface area contributed by atoms with Gasteiger partial charge in [-0.15, -0.1) is 11.3 Å². The van der Waals surface area contributed by atoms with E-state index in [0.29, 0.717) is 10.8 Å². The molecule has 0 saturated carbocycles. The maximum atomic E-state index is 12.4. The number of nitrogens with zero attached hydrogens (tertiary/aromatic N) is 1. The number of anilines is 2. The van der Waals surface area contributed by atoms with Crippen LogP contribution >= 0.6 is 11.3 Å². The fraction of sp³-hybridized carbons (Fsp3) is 0.118. The summed E-state index contributed by atoms with van der Waals surface area (Å²) in [6.07, 6.45) is 0. The normalized spacial score (nSPS) is 10.6. The first kappa shape index (κ1) is 17.0. The topological polar surface area (TPSA) is 55.4 Å². The number of hydrogen-bond acceptors (Lipinski definition) is 6. The van der Waals surface area contributed by atoms with Crippen molar-refractivity contribution in [1.29, 1.82) is 0 Å². The zero-order valence-corrected chi connectivity index (χ0v) is 14.0. The number of nitrogens with one attached hydrogen (secondary N) is 2. The molecule has 0 fully saturated rings. The van der Waals surface area contributed by atoms with Crippen LogP contribution in [0.1, 0.15) is 0 Å². The number of hydrogen-bond donors (Lipinski definition) is 2. The Morgan fingerprint density at radius 2 is 1.84 bits per heavy atom. The molecule has 0 atom stereocenters. The molecule has 0 spiro atoms. The maximum absolute atomic E-state index is 12.4. The molecule has 0 aliphatic rings. The number of hydrazine groups is 1. The number of methoxy groups -OCH3 is 1. The van der Waals surface area contributed by atoms with Gasteiger partial charge in [-0.05, 0) is 30.3 Å². The van der Waals surface area contributed by atoms with E-state index in [1.165, 1.54) is 24.5 Å². The van der Waals surface area contributed by atoms with Crippen LogP contribution in [0.5, 0.6) is 11.5 Å². The van der Waals surface area contributed by atoms with E-state index in [-0.39, 0.29) is 11.5 Å². The third-order valence-electron chi connectivity index (χ3n) is 3.27. The summed E-state index contributed by atoms with van der Waals surface area (Å²) < 4.78 is 34.3. The number of halogens is 2. The predicted octanol–water partition coefficient (Wildman–Crippen LogP) is 4.86. The van der Waals surface area contributed by atoms with Crippen molar-refractivity contribution in [1.82, 2.24) is 4.98 Å². The Balaban J connectivity index is 1.73. The van der Waals surface area contributed by atoms with Gasteiger partial charge in [0.25, 0.3) is 0 Å². The molecule has 2 aromatic carbocycles. The van der Waals surface area contributed by atoms with E-state index in [9.17, 15) is 8.78 Å². The Labute approximate surface area is 147 Å². The average Bonchev–Trinajstić information content (AvgIpc) is 3.10. The van der Waals surface area contributed by atoms with Crippen molar-refractivity contribution in [3.8, 4) is 22.8 Å². The Bertz CT molecular complexity index is 828. The van der Waals surface area contributed by atoms with Gasteiger partial charge in [0.05, 0.1) is 18.5 Å². The molecule has 0 radical (unpaired) electrons. The third-order valence-corrected chi connectivity index (χ3v) is 4.02. The maximum Gasteiger partial charge on any atom is 0.387 e. The Morgan fingerprint density at radius 3 is 2.56 bits per heavy atom. The van der Waals surface area contributed by atoms with Crippen LogP contribution in [0.25, 0.3) is 11.3 Å². The number of thiazole rings is 1. The molecule has 3 rings (SSSR count). The van der Waals surface area contributed by atoms with Gasteiger partial charge < -0.3 is 9.47 Å². The molecule has 0 saturated heterocycles. The van der Waals surface area contributed by atoms with Crippen LogP contribution in [-0.2, 0) is 0 Å². The molecule has 0 aliphatic carbocycles. The molecular weight excluding hydrogens is 348 g/mol. The second-order valence-electron chi connectivity index (χ2n) is 4.90. The van der Waals surface area contributed by atoms with Crippen molar-refractivity contribution in [3.63, 3.8) is 0 Å². The molecule has 0 aliphatic heterocycles. The summed E-state index contributed by atoms with van der Waals surface area (Å²) in [4.78, 5) is 4.46. The lowest BCUT2D eigenvalue weighted by atomic mass is 10.1. The van der Waals surface area contributed by atoms with E-state index >= 15 is 0 Å². The van der Waals surface area contributed by atoms with Crippen molar-refractivity contribution in [2.24, 2.45) is 0 Å². The summed E-state index contributed by atoms with van der Waals surface area (Å²) in [5.41, 5.74) is 8.42.